The zero-order valence-corrected chi connectivity index (χ0v) is 30.9. The molecule has 46 heavy (non-hydrogen) atoms. The fraction of sp³-hybridized carbons (Fsp3) is 0.303. The van der Waals surface area contributed by atoms with E-state index in [4.69, 9.17) is 14.4 Å². The molecule has 5 rings (SSSR count). The third-order valence-electron chi connectivity index (χ3n) is 8.50. The van der Waals surface area contributed by atoms with E-state index in [0.29, 0.717) is 44.0 Å². The summed E-state index contributed by atoms with van der Waals surface area (Å²) >= 11 is 2.11. The molecule has 0 radical (unpaired) electrons. The number of halogens is 2. The molecule has 2 N–H and O–H groups in total. The van der Waals surface area contributed by atoms with Gasteiger partial charge in [0, 0.05) is 19.2 Å². The Labute approximate surface area is 284 Å². The molecular weight excluding hydrogens is 734 g/mol. The second kappa shape index (κ2) is 12.9. The summed E-state index contributed by atoms with van der Waals surface area (Å²) in [5, 5.41) is 11.3. The van der Waals surface area contributed by atoms with Gasteiger partial charge in [0.1, 0.15) is 15.3 Å². The van der Waals surface area contributed by atoms with Crippen molar-refractivity contribution in [3.63, 3.8) is 0 Å². The topological polar surface area (TPSA) is 113 Å². The molecule has 242 valence electrons. The maximum atomic E-state index is 15.6. The summed E-state index contributed by atoms with van der Waals surface area (Å²) in [5.41, 5.74) is 3.18. The molecule has 0 saturated carbocycles. The molecule has 0 aliphatic rings. The van der Waals surface area contributed by atoms with Crippen molar-refractivity contribution in [3.8, 4) is 17.1 Å². The highest BCUT2D eigenvalue weighted by Gasteiger charge is 2.39. The monoisotopic (exact) mass is 772 g/mol. The van der Waals surface area contributed by atoms with E-state index in [1.54, 1.807) is 55.6 Å². The highest BCUT2D eigenvalue weighted by Crippen LogP contribution is 2.40. The normalized spacial score (nSPS) is 12.4. The van der Waals surface area contributed by atoms with Crippen LogP contribution in [0.5, 0.6) is 5.75 Å². The predicted molar refractivity (Wildman–Crippen MR) is 193 cm³/mol. The van der Waals surface area contributed by atoms with Gasteiger partial charge in [-0.3, -0.25) is 9.40 Å². The number of rotatable bonds is 10. The van der Waals surface area contributed by atoms with Gasteiger partial charge in [0.15, 0.2) is 17.3 Å². The van der Waals surface area contributed by atoms with Crippen LogP contribution in [0.3, 0.4) is 0 Å². The summed E-state index contributed by atoms with van der Waals surface area (Å²) in [4.78, 5) is 9.80. The van der Waals surface area contributed by atoms with Crippen molar-refractivity contribution in [2.24, 2.45) is 0 Å². The number of aromatic amines is 1. The van der Waals surface area contributed by atoms with Gasteiger partial charge in [-0.2, -0.15) is 5.10 Å². The molecular formula is C33H38FIN6O3SSi. The SMILES string of the molecule is CCc1cc(O[Si](C)(C)C(C)(C)C)c(F)cc1-c1nc(NCc2ccccc2N(C)S(=O)(=O)c2ccccc2)c2c(I)n[nH]c2n1. The minimum absolute atomic E-state index is 0.0872. The molecule has 0 amide bonds. The smallest absolute Gasteiger partial charge is 0.264 e. The van der Waals surface area contributed by atoms with E-state index in [1.807, 2.05) is 19.1 Å². The fourth-order valence-corrected chi connectivity index (χ4v) is 7.67. The first-order chi connectivity index (χ1) is 21.6. The van der Waals surface area contributed by atoms with E-state index in [9.17, 15) is 8.42 Å². The Hall–Kier alpha value is -3.56. The molecule has 9 nitrogen and oxygen atoms in total. The zero-order valence-electron chi connectivity index (χ0n) is 26.9. The summed E-state index contributed by atoms with van der Waals surface area (Å²) in [5.74, 6) is 0.604. The van der Waals surface area contributed by atoms with E-state index in [1.165, 1.54) is 10.4 Å². The number of anilines is 2. The molecule has 0 bridgehead atoms. The van der Waals surface area contributed by atoms with Gasteiger partial charge in [-0.25, -0.2) is 22.8 Å². The third kappa shape index (κ3) is 6.62. The number of nitrogens with zero attached hydrogens (tertiary/aromatic N) is 4. The Morgan fingerprint density at radius 1 is 1.02 bits per heavy atom. The van der Waals surface area contributed by atoms with Crippen LogP contribution in [-0.4, -0.2) is 43.9 Å². The predicted octanol–water partition coefficient (Wildman–Crippen LogP) is 8.15. The van der Waals surface area contributed by atoms with Crippen molar-refractivity contribution in [1.29, 1.82) is 0 Å². The number of aryl methyl sites for hydroxylation is 1. The van der Waals surface area contributed by atoms with Gasteiger partial charge in [0.2, 0.25) is 0 Å². The molecule has 5 aromatic rings. The van der Waals surface area contributed by atoms with Crippen LogP contribution in [0.2, 0.25) is 18.1 Å². The molecule has 13 heteroatoms. The van der Waals surface area contributed by atoms with Gasteiger partial charge < -0.3 is 9.74 Å². The minimum atomic E-state index is -3.79. The molecule has 0 unspecified atom stereocenters. The highest BCUT2D eigenvalue weighted by molar-refractivity contribution is 14.1. The minimum Gasteiger partial charge on any atom is -0.542 e. The van der Waals surface area contributed by atoms with Crippen LogP contribution in [0, 0.1) is 9.52 Å². The Balaban J connectivity index is 1.51. The lowest BCUT2D eigenvalue weighted by atomic mass is 10.0. The quantitative estimate of drug-likeness (QED) is 0.109. The molecule has 0 aliphatic carbocycles. The van der Waals surface area contributed by atoms with Crippen molar-refractivity contribution >= 4 is 63.5 Å². The van der Waals surface area contributed by atoms with Gasteiger partial charge in [-0.1, -0.05) is 64.1 Å². The molecule has 0 saturated heterocycles. The molecule has 0 aliphatic heterocycles. The zero-order chi connectivity index (χ0) is 33.4. The van der Waals surface area contributed by atoms with E-state index in [0.717, 1.165) is 11.1 Å². The number of H-pyrrole nitrogens is 1. The summed E-state index contributed by atoms with van der Waals surface area (Å²) in [6, 6.07) is 18.8. The van der Waals surface area contributed by atoms with E-state index < -0.39 is 24.2 Å². The van der Waals surface area contributed by atoms with Crippen molar-refractivity contribution in [1.82, 2.24) is 20.2 Å². The van der Waals surface area contributed by atoms with Crippen LogP contribution < -0.4 is 14.0 Å². The Morgan fingerprint density at radius 3 is 2.37 bits per heavy atom. The highest BCUT2D eigenvalue weighted by atomic mass is 127. The van der Waals surface area contributed by atoms with Crippen LogP contribution in [0.1, 0.15) is 38.8 Å². The van der Waals surface area contributed by atoms with E-state index >= 15 is 4.39 Å². The number of nitrogens with one attached hydrogen (secondary N) is 2. The lowest BCUT2D eigenvalue weighted by molar-refractivity contribution is 0.456. The molecule has 2 aromatic heterocycles. The first-order valence-electron chi connectivity index (χ1n) is 14.9. The van der Waals surface area contributed by atoms with Gasteiger partial charge in [0.05, 0.1) is 16.0 Å². The number of para-hydroxylation sites is 1. The van der Waals surface area contributed by atoms with Crippen LogP contribution >= 0.6 is 22.6 Å². The standard InChI is InChI=1S/C33H38FIN6O3SSi/c1-8-21-18-27(44-46(6,7)33(2,3)4)25(34)19-24(21)30-37-31(28-29(35)39-40-32(28)38-30)36-20-22-14-12-13-17-26(22)41(5)45(42,43)23-15-10-9-11-16-23/h9-19H,8,20H2,1-7H3,(H2,36,37,38,39,40). The summed E-state index contributed by atoms with van der Waals surface area (Å²) in [6.07, 6.45) is 0.615. The third-order valence-corrected chi connectivity index (χ3v) is 15.4. The van der Waals surface area contributed by atoms with Crippen molar-refractivity contribution < 1.29 is 17.2 Å². The molecule has 0 fully saturated rings. The number of aromatic nitrogens is 4. The Kier molecular flexibility index (Phi) is 9.49. The van der Waals surface area contributed by atoms with E-state index in [2.05, 4.69) is 72.0 Å². The van der Waals surface area contributed by atoms with Crippen LogP contribution in [0.15, 0.2) is 71.6 Å². The summed E-state index contributed by atoms with van der Waals surface area (Å²) < 4.78 is 50.8. The first kappa shape index (κ1) is 33.8. The first-order valence-corrected chi connectivity index (χ1v) is 20.4. The lowest BCUT2D eigenvalue weighted by Gasteiger charge is -2.36. The van der Waals surface area contributed by atoms with Crippen LogP contribution in [0.25, 0.3) is 22.4 Å². The lowest BCUT2D eigenvalue weighted by Crippen LogP contribution is -2.44. The summed E-state index contributed by atoms with van der Waals surface area (Å²) in [6.45, 7) is 12.8. The number of hydrogen-bond donors (Lipinski definition) is 2. The van der Waals surface area contributed by atoms with Crippen molar-refractivity contribution in [3.05, 3.63) is 87.4 Å². The second-order valence-electron chi connectivity index (χ2n) is 12.6. The number of fused-ring (bicyclic) bond motifs is 1. The maximum Gasteiger partial charge on any atom is 0.264 e. The van der Waals surface area contributed by atoms with Gasteiger partial charge in [0.25, 0.3) is 18.3 Å². The molecule has 3 aromatic carbocycles. The van der Waals surface area contributed by atoms with Crippen molar-refractivity contribution in [2.75, 3.05) is 16.7 Å². The average molecular weight is 773 g/mol. The van der Waals surface area contributed by atoms with Crippen molar-refractivity contribution in [2.45, 2.75) is 63.7 Å². The maximum absolute atomic E-state index is 15.6. The molecule has 0 atom stereocenters. The van der Waals surface area contributed by atoms with Gasteiger partial charge in [-0.15, -0.1) is 0 Å². The number of benzene rings is 3. The second-order valence-corrected chi connectivity index (χ2v) is 20.3. The van der Waals surface area contributed by atoms with E-state index in [-0.39, 0.29) is 22.2 Å². The van der Waals surface area contributed by atoms with Crippen LogP contribution in [-0.2, 0) is 23.0 Å². The molecule has 2 heterocycles. The van der Waals surface area contributed by atoms with Gasteiger partial charge >= 0.3 is 0 Å². The number of hydrogen-bond acceptors (Lipinski definition) is 7. The average Bonchev–Trinajstić information content (AvgIpc) is 3.40. The van der Waals surface area contributed by atoms with Gasteiger partial charge in [-0.05, 0) is 88.6 Å². The fourth-order valence-electron chi connectivity index (χ4n) is 4.77. The Bertz CT molecular complexity index is 2000. The summed E-state index contributed by atoms with van der Waals surface area (Å²) in [7, 11) is -4.52. The Morgan fingerprint density at radius 2 is 1.70 bits per heavy atom. The van der Waals surface area contributed by atoms with Crippen LogP contribution in [0.4, 0.5) is 15.9 Å². The largest absolute Gasteiger partial charge is 0.542 e. The molecule has 0 spiro atoms. The number of sulfonamides is 1.